The lowest BCUT2D eigenvalue weighted by molar-refractivity contribution is -0.660. The highest BCUT2D eigenvalue weighted by Crippen LogP contribution is 2.29. The lowest BCUT2D eigenvalue weighted by Crippen LogP contribution is -2.31. The summed E-state index contributed by atoms with van der Waals surface area (Å²) < 4.78 is 6.34. The van der Waals surface area contributed by atoms with Crippen molar-refractivity contribution in [1.29, 1.82) is 0 Å². The summed E-state index contributed by atoms with van der Waals surface area (Å²) in [7, 11) is 4.14. The Hall–Kier alpha value is -2.88. The number of fused-ring (bicyclic) bond motifs is 1. The monoisotopic (exact) mass is 289 g/mol. The Morgan fingerprint density at radius 2 is 1.86 bits per heavy atom. The number of aryl methyl sites for hydroxylation is 2. The molecule has 4 aromatic rings. The summed E-state index contributed by atoms with van der Waals surface area (Å²) >= 11 is 0. The van der Waals surface area contributed by atoms with Gasteiger partial charge in [-0.15, -0.1) is 0 Å². The maximum atomic E-state index is 4.41. The largest absolute Gasteiger partial charge is 0.308 e. The second kappa shape index (κ2) is 4.84. The first-order valence-electron chi connectivity index (χ1n) is 7.28. The third kappa shape index (κ3) is 1.84. The Kier molecular flexibility index (Phi) is 2.82. The average Bonchev–Trinajstić information content (AvgIpc) is 3.12. The second-order valence-electron chi connectivity index (χ2n) is 5.46. The van der Waals surface area contributed by atoms with Crippen molar-refractivity contribution < 1.29 is 4.57 Å². The molecule has 3 heterocycles. The highest BCUT2D eigenvalue weighted by atomic mass is 15.2. The van der Waals surface area contributed by atoms with Crippen molar-refractivity contribution in [1.82, 2.24) is 14.0 Å². The zero-order chi connectivity index (χ0) is 15.1. The van der Waals surface area contributed by atoms with Crippen molar-refractivity contribution in [3.05, 3.63) is 67.3 Å². The van der Waals surface area contributed by atoms with Gasteiger partial charge >= 0.3 is 0 Å². The lowest BCUT2D eigenvalue weighted by atomic mass is 10.0. The molecular weight excluding hydrogens is 272 g/mol. The van der Waals surface area contributed by atoms with Crippen LogP contribution in [0, 0.1) is 0 Å². The van der Waals surface area contributed by atoms with Gasteiger partial charge in [0.15, 0.2) is 6.20 Å². The molecule has 0 fully saturated rings. The molecule has 0 unspecified atom stereocenters. The van der Waals surface area contributed by atoms with Crippen LogP contribution in [0.4, 0.5) is 0 Å². The highest BCUT2D eigenvalue weighted by Gasteiger charge is 2.21. The van der Waals surface area contributed by atoms with Crippen LogP contribution in [0.1, 0.15) is 0 Å². The van der Waals surface area contributed by atoms with Crippen LogP contribution in [0.15, 0.2) is 67.3 Å². The van der Waals surface area contributed by atoms with Crippen LogP contribution in [0.5, 0.6) is 0 Å². The van der Waals surface area contributed by atoms with Crippen LogP contribution < -0.4 is 4.57 Å². The van der Waals surface area contributed by atoms with E-state index in [9.17, 15) is 0 Å². The predicted octanol–water partition coefficient (Wildman–Crippen LogP) is 2.83. The minimum atomic E-state index is 0.942. The first kappa shape index (κ1) is 12.8. The summed E-state index contributed by atoms with van der Waals surface area (Å²) in [4.78, 5) is 4.41. The molecule has 0 aliphatic rings. The van der Waals surface area contributed by atoms with Gasteiger partial charge < -0.3 is 4.57 Å². The highest BCUT2D eigenvalue weighted by molar-refractivity contribution is 5.78. The fourth-order valence-electron chi connectivity index (χ4n) is 2.99. The zero-order valence-corrected chi connectivity index (χ0v) is 12.6. The predicted molar refractivity (Wildman–Crippen MR) is 86.2 cm³/mol. The number of benzene rings is 1. The van der Waals surface area contributed by atoms with E-state index in [-0.39, 0.29) is 0 Å². The average molecular weight is 289 g/mol. The lowest BCUT2D eigenvalue weighted by Gasteiger charge is -2.08. The number of pyridine rings is 1. The maximum Gasteiger partial charge on any atom is 0.238 e. The molecule has 0 spiro atoms. The Morgan fingerprint density at radius 1 is 1.05 bits per heavy atom. The fourth-order valence-corrected chi connectivity index (χ4v) is 2.99. The molecule has 4 heteroatoms. The minimum absolute atomic E-state index is 0.942. The second-order valence-corrected chi connectivity index (χ2v) is 5.46. The van der Waals surface area contributed by atoms with E-state index in [1.54, 1.807) is 0 Å². The molecule has 0 saturated heterocycles. The molecular formula is C18H17N4+. The SMILES string of the molecule is Cn1c(-c2c(-c3ccccc3)ccc[n+]2C)cn2ccnc12. The minimum Gasteiger partial charge on any atom is -0.308 e. The summed E-state index contributed by atoms with van der Waals surface area (Å²) in [5, 5.41) is 0. The van der Waals surface area contributed by atoms with E-state index in [0.29, 0.717) is 0 Å². The van der Waals surface area contributed by atoms with Gasteiger partial charge in [0.1, 0.15) is 12.7 Å². The molecule has 0 bridgehead atoms. The molecule has 108 valence electrons. The Morgan fingerprint density at radius 3 is 2.64 bits per heavy atom. The van der Waals surface area contributed by atoms with Crippen molar-refractivity contribution in [2.45, 2.75) is 0 Å². The molecule has 22 heavy (non-hydrogen) atoms. The Bertz CT molecular complexity index is 948. The maximum absolute atomic E-state index is 4.41. The zero-order valence-electron chi connectivity index (χ0n) is 12.6. The smallest absolute Gasteiger partial charge is 0.238 e. The Labute approximate surface area is 128 Å². The van der Waals surface area contributed by atoms with E-state index in [0.717, 1.165) is 11.5 Å². The molecule has 0 radical (unpaired) electrons. The van der Waals surface area contributed by atoms with E-state index >= 15 is 0 Å². The van der Waals surface area contributed by atoms with Crippen LogP contribution in [0.25, 0.3) is 28.3 Å². The summed E-state index contributed by atoms with van der Waals surface area (Å²) in [6.07, 6.45) is 8.01. The number of imidazole rings is 2. The van der Waals surface area contributed by atoms with Crippen molar-refractivity contribution in [3.8, 4) is 22.5 Å². The molecule has 0 amide bonds. The summed E-state index contributed by atoms with van der Waals surface area (Å²) in [6.45, 7) is 0. The number of nitrogens with zero attached hydrogens (tertiary/aromatic N) is 4. The number of rotatable bonds is 2. The van der Waals surface area contributed by atoms with Crippen LogP contribution >= 0.6 is 0 Å². The summed E-state index contributed by atoms with van der Waals surface area (Å²) in [5.41, 5.74) is 4.76. The summed E-state index contributed by atoms with van der Waals surface area (Å²) in [6, 6.07) is 14.7. The van der Waals surface area contributed by atoms with Gasteiger partial charge in [0, 0.05) is 31.7 Å². The molecule has 0 aliphatic carbocycles. The molecule has 3 aromatic heterocycles. The van der Waals surface area contributed by atoms with Gasteiger partial charge in [-0.3, -0.25) is 4.40 Å². The fraction of sp³-hybridized carbons (Fsp3) is 0.111. The van der Waals surface area contributed by atoms with Crippen LogP contribution in [0.3, 0.4) is 0 Å². The van der Waals surface area contributed by atoms with Crippen molar-refractivity contribution in [3.63, 3.8) is 0 Å². The van der Waals surface area contributed by atoms with E-state index in [2.05, 4.69) is 81.4 Å². The first-order chi connectivity index (χ1) is 10.8. The van der Waals surface area contributed by atoms with Crippen molar-refractivity contribution >= 4 is 5.78 Å². The third-order valence-corrected chi connectivity index (χ3v) is 4.08. The standard InChI is InChI=1S/C18H17N4/c1-20-11-6-9-15(14-7-4-3-5-8-14)17(20)16-13-22-12-10-19-18(22)21(16)2/h3-13H,1-2H3/q+1. The number of aromatic nitrogens is 4. The number of hydrogen-bond acceptors (Lipinski definition) is 1. The molecule has 4 rings (SSSR count). The van der Waals surface area contributed by atoms with E-state index < -0.39 is 0 Å². The van der Waals surface area contributed by atoms with E-state index in [4.69, 9.17) is 0 Å². The normalized spacial score (nSPS) is 11.2. The van der Waals surface area contributed by atoms with Crippen molar-refractivity contribution in [2.24, 2.45) is 14.1 Å². The van der Waals surface area contributed by atoms with Crippen LogP contribution in [0.2, 0.25) is 0 Å². The third-order valence-electron chi connectivity index (χ3n) is 4.08. The van der Waals surface area contributed by atoms with Gasteiger partial charge in [0.2, 0.25) is 11.5 Å². The van der Waals surface area contributed by atoms with Crippen LogP contribution in [-0.4, -0.2) is 14.0 Å². The van der Waals surface area contributed by atoms with Gasteiger partial charge in [-0.2, -0.15) is 4.57 Å². The van der Waals surface area contributed by atoms with Crippen LogP contribution in [-0.2, 0) is 14.1 Å². The summed E-state index contributed by atoms with van der Waals surface area (Å²) in [5.74, 6) is 0.942. The topological polar surface area (TPSA) is 26.1 Å². The van der Waals surface area contributed by atoms with Gasteiger partial charge in [-0.05, 0) is 11.6 Å². The first-order valence-corrected chi connectivity index (χ1v) is 7.28. The van der Waals surface area contributed by atoms with Gasteiger partial charge in [-0.25, -0.2) is 4.98 Å². The van der Waals surface area contributed by atoms with Crippen molar-refractivity contribution in [2.75, 3.05) is 0 Å². The van der Waals surface area contributed by atoms with Gasteiger partial charge in [0.05, 0.1) is 5.56 Å². The molecule has 1 aromatic carbocycles. The molecule has 0 N–H and O–H groups in total. The van der Waals surface area contributed by atoms with Gasteiger partial charge in [-0.1, -0.05) is 30.3 Å². The van der Waals surface area contributed by atoms with Gasteiger partial charge in [0.25, 0.3) is 0 Å². The molecule has 0 aliphatic heterocycles. The van der Waals surface area contributed by atoms with E-state index in [1.165, 1.54) is 16.8 Å². The number of hydrogen-bond donors (Lipinski definition) is 0. The molecule has 4 nitrogen and oxygen atoms in total. The van der Waals surface area contributed by atoms with E-state index in [1.807, 2.05) is 18.5 Å². The Balaban J connectivity index is 2.02. The molecule has 0 saturated carbocycles. The quantitative estimate of drug-likeness (QED) is 0.521. The molecule has 0 atom stereocenters.